The lowest BCUT2D eigenvalue weighted by atomic mass is 10.3. The van der Waals surface area contributed by atoms with Crippen LogP contribution in [0.1, 0.15) is 5.56 Å². The number of carbonyl (C=O) groups excluding carboxylic acids is 1. The van der Waals surface area contributed by atoms with Gasteiger partial charge >= 0.3 is 0 Å². The molecule has 7 nitrogen and oxygen atoms in total. The van der Waals surface area contributed by atoms with Gasteiger partial charge in [-0.05, 0) is 24.3 Å². The number of carbonyl (C=O) groups is 1. The second-order valence-corrected chi connectivity index (χ2v) is 5.25. The number of hydrogen-bond acceptors (Lipinski definition) is 5. The maximum absolute atomic E-state index is 11.8. The zero-order chi connectivity index (χ0) is 17.5. The van der Waals surface area contributed by atoms with E-state index in [0.29, 0.717) is 12.3 Å². The number of nitrogens with zero attached hydrogens (tertiary/aromatic N) is 3. The topological polar surface area (TPSA) is 78.3 Å². The molecule has 1 N–H and O–H groups in total. The van der Waals surface area contributed by atoms with E-state index in [-0.39, 0.29) is 12.5 Å². The van der Waals surface area contributed by atoms with Crippen LogP contribution in [0.15, 0.2) is 61.2 Å². The quantitative estimate of drug-likeness (QED) is 0.713. The highest BCUT2D eigenvalue weighted by molar-refractivity contribution is 5.77. The molecule has 2 aromatic heterocycles. The molecule has 0 fully saturated rings. The van der Waals surface area contributed by atoms with Gasteiger partial charge in [0.2, 0.25) is 0 Å². The first kappa shape index (κ1) is 16.5. The van der Waals surface area contributed by atoms with Gasteiger partial charge < -0.3 is 14.8 Å². The van der Waals surface area contributed by atoms with Crippen molar-refractivity contribution in [3.05, 3.63) is 66.7 Å². The summed E-state index contributed by atoms with van der Waals surface area (Å²) in [7, 11) is 1.62. The first-order valence-corrected chi connectivity index (χ1v) is 7.72. The van der Waals surface area contributed by atoms with Crippen LogP contribution in [0.4, 0.5) is 0 Å². The van der Waals surface area contributed by atoms with Gasteiger partial charge in [0.25, 0.3) is 5.91 Å². The maximum Gasteiger partial charge on any atom is 0.258 e. The Kier molecular flexibility index (Phi) is 5.26. The van der Waals surface area contributed by atoms with E-state index in [9.17, 15) is 4.79 Å². The standard InChI is InChI=1S/C18H18N4O3/c1-24-16-5-2-4-15(8-16)22-12-14(10-21-22)9-20-18(23)13-25-17-6-3-7-19-11-17/h2-8,10-12H,9,13H2,1H3,(H,20,23). The number of amides is 1. The molecule has 0 spiro atoms. The lowest BCUT2D eigenvalue weighted by molar-refractivity contribution is -0.123. The summed E-state index contributed by atoms with van der Waals surface area (Å²) < 4.78 is 12.3. The number of benzene rings is 1. The number of methoxy groups -OCH3 is 1. The minimum Gasteiger partial charge on any atom is -0.497 e. The molecule has 3 aromatic rings. The van der Waals surface area contributed by atoms with E-state index >= 15 is 0 Å². The van der Waals surface area contributed by atoms with Gasteiger partial charge in [-0.25, -0.2) is 4.68 Å². The Hall–Kier alpha value is -3.35. The van der Waals surface area contributed by atoms with Crippen molar-refractivity contribution >= 4 is 5.91 Å². The van der Waals surface area contributed by atoms with E-state index in [2.05, 4.69) is 15.4 Å². The first-order valence-electron chi connectivity index (χ1n) is 7.72. The smallest absolute Gasteiger partial charge is 0.258 e. The van der Waals surface area contributed by atoms with Crippen molar-refractivity contribution in [2.75, 3.05) is 13.7 Å². The van der Waals surface area contributed by atoms with Crippen LogP contribution in [0, 0.1) is 0 Å². The maximum atomic E-state index is 11.8. The Bertz CT molecular complexity index is 833. The van der Waals surface area contributed by atoms with Gasteiger partial charge in [-0.3, -0.25) is 9.78 Å². The zero-order valence-corrected chi connectivity index (χ0v) is 13.8. The van der Waals surface area contributed by atoms with Crippen LogP contribution >= 0.6 is 0 Å². The largest absolute Gasteiger partial charge is 0.497 e. The van der Waals surface area contributed by atoms with E-state index in [1.165, 1.54) is 0 Å². The van der Waals surface area contributed by atoms with Crippen LogP contribution in [0.5, 0.6) is 11.5 Å². The molecule has 1 aromatic carbocycles. The molecule has 0 aliphatic heterocycles. The molecule has 0 aliphatic rings. The van der Waals surface area contributed by atoms with Crippen LogP contribution in [0.2, 0.25) is 0 Å². The molecule has 1 amide bonds. The number of pyridine rings is 1. The van der Waals surface area contributed by atoms with Crippen LogP contribution in [0.25, 0.3) is 5.69 Å². The normalized spacial score (nSPS) is 10.3. The van der Waals surface area contributed by atoms with Gasteiger partial charge in [0.15, 0.2) is 6.61 Å². The molecule has 0 bridgehead atoms. The number of ether oxygens (including phenoxy) is 2. The van der Waals surface area contributed by atoms with Gasteiger partial charge in [-0.2, -0.15) is 5.10 Å². The highest BCUT2D eigenvalue weighted by Crippen LogP contribution is 2.16. The predicted molar refractivity (Wildman–Crippen MR) is 91.7 cm³/mol. The third-order valence-corrected chi connectivity index (χ3v) is 3.45. The molecule has 128 valence electrons. The van der Waals surface area contributed by atoms with Crippen LogP contribution in [-0.4, -0.2) is 34.4 Å². The summed E-state index contributed by atoms with van der Waals surface area (Å²) in [4.78, 5) is 15.8. The van der Waals surface area contributed by atoms with Crippen molar-refractivity contribution in [3.63, 3.8) is 0 Å². The molecule has 3 rings (SSSR count). The van der Waals surface area contributed by atoms with Gasteiger partial charge in [0.05, 0.1) is 25.2 Å². The molecular formula is C18H18N4O3. The van der Waals surface area contributed by atoms with Crippen LogP contribution in [0.3, 0.4) is 0 Å². The molecule has 0 saturated heterocycles. The first-order chi connectivity index (χ1) is 12.2. The van der Waals surface area contributed by atoms with Gasteiger partial charge in [0.1, 0.15) is 11.5 Å². The van der Waals surface area contributed by atoms with Gasteiger partial charge in [0, 0.05) is 30.6 Å². The van der Waals surface area contributed by atoms with E-state index in [1.807, 2.05) is 30.5 Å². The number of rotatable bonds is 7. The Labute approximate surface area is 145 Å². The lowest BCUT2D eigenvalue weighted by Crippen LogP contribution is -2.28. The zero-order valence-electron chi connectivity index (χ0n) is 13.8. The molecule has 0 unspecified atom stereocenters. The van der Waals surface area contributed by atoms with Crippen molar-refractivity contribution in [2.24, 2.45) is 0 Å². The van der Waals surface area contributed by atoms with Crippen LogP contribution < -0.4 is 14.8 Å². The minimum absolute atomic E-state index is 0.0598. The minimum atomic E-state index is -0.210. The summed E-state index contributed by atoms with van der Waals surface area (Å²) in [5.41, 5.74) is 1.77. The van der Waals surface area contributed by atoms with E-state index in [0.717, 1.165) is 17.0 Å². The van der Waals surface area contributed by atoms with E-state index in [4.69, 9.17) is 9.47 Å². The Balaban J connectivity index is 1.52. The molecule has 0 saturated carbocycles. The SMILES string of the molecule is COc1cccc(-n2cc(CNC(=O)COc3cccnc3)cn2)c1. The Morgan fingerprint density at radius 1 is 1.20 bits per heavy atom. The van der Waals surface area contributed by atoms with Crippen molar-refractivity contribution in [2.45, 2.75) is 6.54 Å². The fraction of sp³-hybridized carbons (Fsp3) is 0.167. The van der Waals surface area contributed by atoms with Crippen LogP contribution in [-0.2, 0) is 11.3 Å². The Morgan fingerprint density at radius 2 is 2.08 bits per heavy atom. The average molecular weight is 338 g/mol. The molecule has 7 heteroatoms. The Morgan fingerprint density at radius 3 is 2.88 bits per heavy atom. The third-order valence-electron chi connectivity index (χ3n) is 3.45. The van der Waals surface area contributed by atoms with Crippen molar-refractivity contribution in [3.8, 4) is 17.2 Å². The number of hydrogen-bond donors (Lipinski definition) is 1. The van der Waals surface area contributed by atoms with Gasteiger partial charge in [-0.1, -0.05) is 6.07 Å². The summed E-state index contributed by atoms with van der Waals surface area (Å²) in [6.07, 6.45) is 6.77. The van der Waals surface area contributed by atoms with Crippen molar-refractivity contribution in [1.82, 2.24) is 20.1 Å². The summed E-state index contributed by atoms with van der Waals surface area (Å²) in [6.45, 7) is 0.314. The molecule has 0 aliphatic carbocycles. The monoisotopic (exact) mass is 338 g/mol. The number of nitrogens with one attached hydrogen (secondary N) is 1. The number of aromatic nitrogens is 3. The fourth-order valence-corrected chi connectivity index (χ4v) is 2.18. The predicted octanol–water partition coefficient (Wildman–Crippen LogP) is 1.97. The third kappa shape index (κ3) is 4.57. The molecule has 0 atom stereocenters. The summed E-state index contributed by atoms with van der Waals surface area (Å²) in [6, 6.07) is 11.1. The molecular weight excluding hydrogens is 320 g/mol. The summed E-state index contributed by atoms with van der Waals surface area (Å²) in [5.74, 6) is 1.11. The highest BCUT2D eigenvalue weighted by atomic mass is 16.5. The second kappa shape index (κ2) is 7.96. The highest BCUT2D eigenvalue weighted by Gasteiger charge is 2.06. The molecule has 25 heavy (non-hydrogen) atoms. The van der Waals surface area contributed by atoms with Gasteiger partial charge in [-0.15, -0.1) is 0 Å². The van der Waals surface area contributed by atoms with E-state index in [1.54, 1.807) is 42.5 Å². The lowest BCUT2D eigenvalue weighted by Gasteiger charge is -2.06. The average Bonchev–Trinajstić information content (AvgIpc) is 3.15. The summed E-state index contributed by atoms with van der Waals surface area (Å²) >= 11 is 0. The fourth-order valence-electron chi connectivity index (χ4n) is 2.18. The van der Waals surface area contributed by atoms with Crippen molar-refractivity contribution in [1.29, 1.82) is 0 Å². The summed E-state index contributed by atoms with van der Waals surface area (Å²) in [5, 5.41) is 7.10. The molecule has 2 heterocycles. The molecule has 0 radical (unpaired) electrons. The van der Waals surface area contributed by atoms with Crippen molar-refractivity contribution < 1.29 is 14.3 Å². The van der Waals surface area contributed by atoms with E-state index < -0.39 is 0 Å². The second-order valence-electron chi connectivity index (χ2n) is 5.25.